The highest BCUT2D eigenvalue weighted by atomic mass is 79.9. The van der Waals surface area contributed by atoms with E-state index in [0.717, 1.165) is 35.4 Å². The highest BCUT2D eigenvalue weighted by Crippen LogP contribution is 2.45. The van der Waals surface area contributed by atoms with Crippen LogP contribution in [0.4, 0.5) is 5.69 Å². The lowest BCUT2D eigenvalue weighted by molar-refractivity contribution is -0.154. The van der Waals surface area contributed by atoms with Gasteiger partial charge in [-0.15, -0.1) is 0 Å². The summed E-state index contributed by atoms with van der Waals surface area (Å²) >= 11 is 3.58. The van der Waals surface area contributed by atoms with Crippen LogP contribution in [0, 0.1) is 5.92 Å². The fraction of sp³-hybridized carbons (Fsp3) is 0.333. The van der Waals surface area contributed by atoms with Gasteiger partial charge in [0.2, 0.25) is 6.29 Å². The molecule has 4 heteroatoms. The monoisotopic (exact) mass is 359 g/mol. The third-order valence-electron chi connectivity index (χ3n) is 4.39. The maximum atomic E-state index is 6.08. The van der Waals surface area contributed by atoms with Crippen molar-refractivity contribution in [1.29, 1.82) is 0 Å². The van der Waals surface area contributed by atoms with Crippen LogP contribution < -0.4 is 10.1 Å². The summed E-state index contributed by atoms with van der Waals surface area (Å²) in [5.41, 5.74) is 2.33. The third-order valence-corrected chi connectivity index (χ3v) is 4.88. The van der Waals surface area contributed by atoms with Crippen LogP contribution in [0.5, 0.6) is 5.75 Å². The molecule has 3 nitrogen and oxygen atoms in total. The van der Waals surface area contributed by atoms with E-state index in [1.54, 1.807) is 0 Å². The summed E-state index contributed by atoms with van der Waals surface area (Å²) in [5.74, 6) is 1.25. The molecule has 0 unspecified atom stereocenters. The summed E-state index contributed by atoms with van der Waals surface area (Å²) in [7, 11) is 0. The Morgan fingerprint density at radius 2 is 1.95 bits per heavy atom. The molecule has 1 saturated heterocycles. The summed E-state index contributed by atoms with van der Waals surface area (Å²) in [4.78, 5) is 0. The summed E-state index contributed by atoms with van der Waals surface area (Å²) in [6.07, 6.45) is 2.05. The van der Waals surface area contributed by atoms with Gasteiger partial charge >= 0.3 is 0 Å². The van der Waals surface area contributed by atoms with Gasteiger partial charge in [-0.05, 0) is 43.2 Å². The van der Waals surface area contributed by atoms with Crippen molar-refractivity contribution < 1.29 is 9.47 Å². The molecule has 2 aliphatic rings. The van der Waals surface area contributed by atoms with Crippen LogP contribution in [0.3, 0.4) is 0 Å². The predicted octanol–water partition coefficient (Wildman–Crippen LogP) is 4.75. The summed E-state index contributed by atoms with van der Waals surface area (Å²) in [6, 6.07) is 16.7. The Balaban J connectivity index is 1.73. The molecule has 0 saturated carbocycles. The Bertz CT molecular complexity index is 661. The van der Waals surface area contributed by atoms with E-state index in [9.17, 15) is 0 Å². The van der Waals surface area contributed by atoms with Crippen LogP contribution in [0.1, 0.15) is 24.4 Å². The summed E-state index contributed by atoms with van der Waals surface area (Å²) in [6.45, 7) is 0.783. The zero-order chi connectivity index (χ0) is 14.9. The maximum absolute atomic E-state index is 6.08. The van der Waals surface area contributed by atoms with Crippen LogP contribution in [-0.4, -0.2) is 12.9 Å². The number of halogens is 1. The molecule has 2 aliphatic heterocycles. The molecule has 0 amide bonds. The van der Waals surface area contributed by atoms with Gasteiger partial charge in [0.25, 0.3) is 0 Å². The van der Waals surface area contributed by atoms with Crippen LogP contribution in [0.25, 0.3) is 0 Å². The van der Waals surface area contributed by atoms with Crippen molar-refractivity contribution in [2.75, 3.05) is 11.9 Å². The molecule has 1 fully saturated rings. The number of nitrogens with one attached hydrogen (secondary N) is 1. The second-order valence-electron chi connectivity index (χ2n) is 5.83. The van der Waals surface area contributed by atoms with Gasteiger partial charge in [0.1, 0.15) is 5.75 Å². The molecule has 0 radical (unpaired) electrons. The fourth-order valence-corrected chi connectivity index (χ4v) is 3.73. The molecule has 22 heavy (non-hydrogen) atoms. The minimum atomic E-state index is -0.149. The van der Waals surface area contributed by atoms with E-state index in [1.165, 1.54) is 5.56 Å². The highest BCUT2D eigenvalue weighted by Gasteiger charge is 2.40. The van der Waals surface area contributed by atoms with Crippen molar-refractivity contribution in [1.82, 2.24) is 0 Å². The summed E-state index contributed by atoms with van der Waals surface area (Å²) in [5, 5.41) is 3.68. The molecule has 0 aliphatic carbocycles. The number of para-hydroxylation sites is 1. The number of fused-ring (bicyclic) bond motifs is 2. The average Bonchev–Trinajstić information content (AvgIpc) is 2.56. The molecule has 2 aromatic carbocycles. The van der Waals surface area contributed by atoms with Gasteiger partial charge in [0, 0.05) is 21.6 Å². The Kier molecular flexibility index (Phi) is 3.80. The van der Waals surface area contributed by atoms with E-state index >= 15 is 0 Å². The van der Waals surface area contributed by atoms with E-state index in [4.69, 9.17) is 9.47 Å². The van der Waals surface area contributed by atoms with Gasteiger partial charge in [-0.1, -0.05) is 34.1 Å². The molecule has 0 spiro atoms. The lowest BCUT2D eigenvalue weighted by Gasteiger charge is -2.42. The number of hydrogen-bond acceptors (Lipinski definition) is 3. The Labute approximate surface area is 138 Å². The van der Waals surface area contributed by atoms with Gasteiger partial charge in [-0.2, -0.15) is 0 Å². The minimum absolute atomic E-state index is 0.149. The first kappa shape index (κ1) is 14.1. The van der Waals surface area contributed by atoms with Gasteiger partial charge in [0.15, 0.2) is 0 Å². The summed E-state index contributed by atoms with van der Waals surface area (Å²) < 4.78 is 13.0. The van der Waals surface area contributed by atoms with Crippen molar-refractivity contribution in [3.8, 4) is 5.75 Å². The second-order valence-corrected chi connectivity index (χ2v) is 6.75. The molecular weight excluding hydrogens is 342 g/mol. The average molecular weight is 360 g/mol. The van der Waals surface area contributed by atoms with Crippen molar-refractivity contribution >= 4 is 21.6 Å². The third kappa shape index (κ3) is 2.61. The quantitative estimate of drug-likeness (QED) is 0.839. The van der Waals surface area contributed by atoms with Crippen molar-refractivity contribution in [3.63, 3.8) is 0 Å². The Hall–Kier alpha value is -1.52. The number of rotatable bonds is 2. The van der Waals surface area contributed by atoms with Crippen LogP contribution in [0.2, 0.25) is 0 Å². The minimum Gasteiger partial charge on any atom is -0.464 e. The molecular formula is C18H18BrNO2. The zero-order valence-electron chi connectivity index (χ0n) is 12.2. The van der Waals surface area contributed by atoms with Crippen molar-refractivity contribution in [2.24, 2.45) is 5.92 Å². The smallest absolute Gasteiger partial charge is 0.204 e. The fourth-order valence-electron chi connectivity index (χ4n) is 3.35. The first-order valence-electron chi connectivity index (χ1n) is 7.70. The molecule has 114 valence electrons. The normalized spacial score (nSPS) is 26.5. The van der Waals surface area contributed by atoms with E-state index in [0.29, 0.717) is 5.92 Å². The van der Waals surface area contributed by atoms with E-state index in [-0.39, 0.29) is 12.3 Å². The lowest BCUT2D eigenvalue weighted by atomic mass is 9.84. The molecule has 2 aromatic rings. The van der Waals surface area contributed by atoms with Gasteiger partial charge in [-0.25, -0.2) is 0 Å². The molecule has 3 atom stereocenters. The predicted molar refractivity (Wildman–Crippen MR) is 90.0 cm³/mol. The second kappa shape index (κ2) is 5.94. The molecule has 1 N–H and O–H groups in total. The number of anilines is 1. The van der Waals surface area contributed by atoms with Crippen LogP contribution >= 0.6 is 15.9 Å². The SMILES string of the molecule is Brc1ccc2c(c1)[C@H](Nc1ccccc1)[C@H]1CCCO[C@H]1O2. The topological polar surface area (TPSA) is 30.5 Å². The van der Waals surface area contributed by atoms with Crippen molar-refractivity contribution in [2.45, 2.75) is 25.2 Å². The van der Waals surface area contributed by atoms with Gasteiger partial charge < -0.3 is 14.8 Å². The van der Waals surface area contributed by atoms with Gasteiger partial charge in [-0.3, -0.25) is 0 Å². The number of hydrogen-bond donors (Lipinski definition) is 1. The van der Waals surface area contributed by atoms with Crippen LogP contribution in [0.15, 0.2) is 53.0 Å². The molecule has 2 heterocycles. The first-order valence-corrected chi connectivity index (χ1v) is 8.50. The number of ether oxygens (including phenoxy) is 2. The van der Waals surface area contributed by atoms with E-state index < -0.39 is 0 Å². The Morgan fingerprint density at radius 3 is 2.82 bits per heavy atom. The van der Waals surface area contributed by atoms with Crippen molar-refractivity contribution in [3.05, 3.63) is 58.6 Å². The zero-order valence-corrected chi connectivity index (χ0v) is 13.8. The molecule has 4 rings (SSSR count). The maximum Gasteiger partial charge on any atom is 0.204 e. The highest BCUT2D eigenvalue weighted by molar-refractivity contribution is 9.10. The van der Waals surface area contributed by atoms with Gasteiger partial charge in [0.05, 0.1) is 12.6 Å². The standard InChI is InChI=1S/C18H18BrNO2/c19-12-8-9-16-15(11-12)17(20-13-5-2-1-3-6-13)14-7-4-10-21-18(14)22-16/h1-3,5-6,8-9,11,14,17-18,20H,4,7,10H2/t14-,17-,18+/m1/s1. The molecule has 0 bridgehead atoms. The van der Waals surface area contributed by atoms with Crippen LogP contribution in [-0.2, 0) is 4.74 Å². The molecule has 0 aromatic heterocycles. The number of benzene rings is 2. The van der Waals surface area contributed by atoms with E-state index in [1.807, 2.05) is 18.2 Å². The Morgan fingerprint density at radius 1 is 1.09 bits per heavy atom. The van der Waals surface area contributed by atoms with E-state index in [2.05, 4.69) is 51.6 Å². The lowest BCUT2D eigenvalue weighted by Crippen LogP contribution is -2.43. The first-order chi connectivity index (χ1) is 10.8. The largest absolute Gasteiger partial charge is 0.464 e.